The molecular formula is C14H9Br2N3O2. The van der Waals surface area contributed by atoms with Gasteiger partial charge in [-0.25, -0.2) is 4.90 Å². The number of nitrogen functional groups attached to an aromatic ring is 2. The van der Waals surface area contributed by atoms with E-state index in [0.717, 1.165) is 4.90 Å². The van der Waals surface area contributed by atoms with Gasteiger partial charge < -0.3 is 11.5 Å². The van der Waals surface area contributed by atoms with Crippen LogP contribution in [0, 0.1) is 0 Å². The Bertz CT molecular complexity index is 782. The Morgan fingerprint density at radius 1 is 0.810 bits per heavy atom. The average molecular weight is 411 g/mol. The van der Waals surface area contributed by atoms with Gasteiger partial charge in [-0.05, 0) is 62.2 Å². The molecule has 0 radical (unpaired) electrons. The van der Waals surface area contributed by atoms with Gasteiger partial charge in [0.1, 0.15) is 0 Å². The van der Waals surface area contributed by atoms with Crippen LogP contribution in [0.25, 0.3) is 0 Å². The molecule has 5 nitrogen and oxygen atoms in total. The molecule has 106 valence electrons. The molecule has 7 heteroatoms. The standard InChI is InChI=1S/C14H9Br2N3O2/c15-10-4-7(18)5-11(16)12(10)19-13(20)8-2-1-6(17)3-9(8)14(19)21/h1-5H,17-18H2. The molecule has 1 heterocycles. The number of carbonyl (C=O) groups excluding carboxylic acids is 2. The van der Waals surface area contributed by atoms with E-state index in [1.807, 2.05) is 0 Å². The van der Waals surface area contributed by atoms with Gasteiger partial charge >= 0.3 is 0 Å². The maximum Gasteiger partial charge on any atom is 0.266 e. The second kappa shape index (κ2) is 4.85. The van der Waals surface area contributed by atoms with E-state index >= 15 is 0 Å². The molecule has 1 aliphatic heterocycles. The number of nitrogens with zero attached hydrogens (tertiary/aromatic N) is 1. The maximum absolute atomic E-state index is 12.5. The number of hydrogen-bond donors (Lipinski definition) is 2. The molecule has 0 bridgehead atoms. The minimum atomic E-state index is -0.409. The highest BCUT2D eigenvalue weighted by molar-refractivity contribution is 9.11. The number of rotatable bonds is 1. The molecule has 0 aliphatic carbocycles. The van der Waals surface area contributed by atoms with E-state index in [-0.39, 0.29) is 5.91 Å². The summed E-state index contributed by atoms with van der Waals surface area (Å²) in [6.45, 7) is 0. The number of amides is 2. The zero-order valence-electron chi connectivity index (χ0n) is 10.6. The average Bonchev–Trinajstić information content (AvgIpc) is 2.62. The van der Waals surface area contributed by atoms with Crippen LogP contribution in [-0.2, 0) is 0 Å². The fraction of sp³-hybridized carbons (Fsp3) is 0. The first-order chi connectivity index (χ1) is 9.90. The van der Waals surface area contributed by atoms with Gasteiger partial charge in [-0.2, -0.15) is 0 Å². The first-order valence-electron chi connectivity index (χ1n) is 5.93. The van der Waals surface area contributed by atoms with E-state index < -0.39 is 5.91 Å². The summed E-state index contributed by atoms with van der Waals surface area (Å²) in [6.07, 6.45) is 0. The van der Waals surface area contributed by atoms with Crippen molar-refractivity contribution in [3.05, 3.63) is 50.4 Å². The van der Waals surface area contributed by atoms with Gasteiger partial charge in [-0.1, -0.05) is 0 Å². The number of fused-ring (bicyclic) bond motifs is 1. The van der Waals surface area contributed by atoms with Crippen LogP contribution in [0.15, 0.2) is 39.3 Å². The number of carbonyl (C=O) groups is 2. The zero-order valence-corrected chi connectivity index (χ0v) is 13.7. The van der Waals surface area contributed by atoms with Gasteiger partial charge in [0.25, 0.3) is 11.8 Å². The van der Waals surface area contributed by atoms with Crippen molar-refractivity contribution in [3.63, 3.8) is 0 Å². The molecule has 3 rings (SSSR count). The van der Waals surface area contributed by atoms with Crippen LogP contribution in [0.2, 0.25) is 0 Å². The number of nitrogens with two attached hydrogens (primary N) is 2. The summed E-state index contributed by atoms with van der Waals surface area (Å²) < 4.78 is 1.11. The van der Waals surface area contributed by atoms with Crippen LogP contribution in [0.4, 0.5) is 17.1 Å². The lowest BCUT2D eigenvalue weighted by atomic mass is 10.1. The van der Waals surface area contributed by atoms with E-state index in [1.165, 1.54) is 6.07 Å². The monoisotopic (exact) mass is 409 g/mol. The van der Waals surface area contributed by atoms with Crippen molar-refractivity contribution in [2.24, 2.45) is 0 Å². The Morgan fingerprint density at radius 2 is 1.38 bits per heavy atom. The van der Waals surface area contributed by atoms with Gasteiger partial charge in [-0.15, -0.1) is 0 Å². The number of halogens is 2. The summed E-state index contributed by atoms with van der Waals surface area (Å²) in [6, 6.07) is 7.94. The molecule has 0 fully saturated rings. The predicted molar refractivity (Wildman–Crippen MR) is 88.2 cm³/mol. The minimum Gasteiger partial charge on any atom is -0.399 e. The molecule has 0 saturated heterocycles. The van der Waals surface area contributed by atoms with Crippen molar-refractivity contribution in [2.75, 3.05) is 16.4 Å². The molecular weight excluding hydrogens is 402 g/mol. The number of imide groups is 1. The second-order valence-electron chi connectivity index (χ2n) is 4.58. The van der Waals surface area contributed by atoms with Crippen molar-refractivity contribution in [1.29, 1.82) is 0 Å². The van der Waals surface area contributed by atoms with E-state index in [1.54, 1.807) is 24.3 Å². The quantitative estimate of drug-likeness (QED) is 0.558. The van der Waals surface area contributed by atoms with Crippen molar-refractivity contribution in [1.82, 2.24) is 0 Å². The highest BCUT2D eigenvalue weighted by Crippen LogP contribution is 2.40. The Hall–Kier alpha value is -1.86. The normalized spacial score (nSPS) is 13.7. The molecule has 0 spiro atoms. The van der Waals surface area contributed by atoms with Crippen LogP contribution in [0.3, 0.4) is 0 Å². The van der Waals surface area contributed by atoms with Crippen molar-refractivity contribution in [2.45, 2.75) is 0 Å². The topological polar surface area (TPSA) is 89.4 Å². The Kier molecular flexibility index (Phi) is 3.26. The highest BCUT2D eigenvalue weighted by atomic mass is 79.9. The molecule has 0 saturated carbocycles. The van der Waals surface area contributed by atoms with Gasteiger partial charge in [0.15, 0.2) is 0 Å². The Balaban J connectivity index is 2.19. The smallest absolute Gasteiger partial charge is 0.266 e. The van der Waals surface area contributed by atoms with Crippen LogP contribution in [0.1, 0.15) is 20.7 Å². The second-order valence-corrected chi connectivity index (χ2v) is 6.29. The Labute approximate surface area is 137 Å². The number of hydrogen-bond acceptors (Lipinski definition) is 4. The molecule has 1 aliphatic rings. The van der Waals surface area contributed by atoms with Crippen LogP contribution >= 0.6 is 31.9 Å². The third-order valence-electron chi connectivity index (χ3n) is 3.17. The van der Waals surface area contributed by atoms with Crippen LogP contribution in [-0.4, -0.2) is 11.8 Å². The lowest BCUT2D eigenvalue weighted by molar-refractivity contribution is 0.0926. The van der Waals surface area contributed by atoms with E-state index in [9.17, 15) is 9.59 Å². The summed E-state index contributed by atoms with van der Waals surface area (Å²) in [5.74, 6) is -0.797. The van der Waals surface area contributed by atoms with Gasteiger partial charge in [0.05, 0.1) is 16.8 Å². The fourth-order valence-electron chi connectivity index (χ4n) is 2.26. The molecule has 0 atom stereocenters. The van der Waals surface area contributed by atoms with Crippen molar-refractivity contribution < 1.29 is 9.59 Å². The first kappa shape index (κ1) is 14.1. The van der Waals surface area contributed by atoms with E-state index in [0.29, 0.717) is 37.1 Å². The van der Waals surface area contributed by atoms with E-state index in [4.69, 9.17) is 11.5 Å². The minimum absolute atomic E-state index is 0.302. The third-order valence-corrected chi connectivity index (χ3v) is 4.38. The number of benzene rings is 2. The van der Waals surface area contributed by atoms with Gasteiger partial charge in [0.2, 0.25) is 0 Å². The summed E-state index contributed by atoms with van der Waals surface area (Å²) in [7, 11) is 0. The Morgan fingerprint density at radius 3 is 2.00 bits per heavy atom. The van der Waals surface area contributed by atoms with Crippen molar-refractivity contribution in [3.8, 4) is 0 Å². The molecule has 0 unspecified atom stereocenters. The first-order valence-corrected chi connectivity index (χ1v) is 7.51. The zero-order chi connectivity index (χ0) is 15.3. The largest absolute Gasteiger partial charge is 0.399 e. The summed E-state index contributed by atoms with van der Waals surface area (Å²) >= 11 is 6.68. The van der Waals surface area contributed by atoms with Gasteiger partial charge in [-0.3, -0.25) is 9.59 Å². The molecule has 2 amide bonds. The fourth-order valence-corrected chi connectivity index (χ4v) is 3.84. The molecule has 2 aromatic carbocycles. The lowest BCUT2D eigenvalue weighted by Crippen LogP contribution is -2.30. The lowest BCUT2D eigenvalue weighted by Gasteiger charge is -2.18. The van der Waals surface area contributed by atoms with Crippen LogP contribution < -0.4 is 16.4 Å². The van der Waals surface area contributed by atoms with Gasteiger partial charge in [0, 0.05) is 20.3 Å². The highest BCUT2D eigenvalue weighted by Gasteiger charge is 2.38. The number of anilines is 3. The SMILES string of the molecule is Nc1cc(Br)c(N2C(=O)c3ccc(N)cc3C2=O)c(Br)c1. The van der Waals surface area contributed by atoms with Crippen LogP contribution in [0.5, 0.6) is 0 Å². The summed E-state index contributed by atoms with van der Waals surface area (Å²) in [5.41, 5.74) is 13.4. The summed E-state index contributed by atoms with van der Waals surface area (Å²) in [4.78, 5) is 26.1. The van der Waals surface area contributed by atoms with E-state index in [2.05, 4.69) is 31.9 Å². The maximum atomic E-state index is 12.5. The predicted octanol–water partition coefficient (Wildman–Crippen LogP) is 3.18. The summed E-state index contributed by atoms with van der Waals surface area (Å²) in [5, 5.41) is 0. The molecule has 4 N–H and O–H groups in total. The molecule has 21 heavy (non-hydrogen) atoms. The molecule has 0 aromatic heterocycles. The molecule has 2 aromatic rings. The third kappa shape index (κ3) is 2.13. The van der Waals surface area contributed by atoms with Crippen molar-refractivity contribution >= 4 is 60.7 Å².